The van der Waals surface area contributed by atoms with Crippen molar-refractivity contribution in [3.05, 3.63) is 182 Å². The van der Waals surface area contributed by atoms with E-state index < -0.39 is 0 Å². The third-order valence-electron chi connectivity index (χ3n) is 9.02. The van der Waals surface area contributed by atoms with Crippen molar-refractivity contribution in [1.82, 2.24) is 15.0 Å². The minimum atomic E-state index is 0.631. The van der Waals surface area contributed by atoms with Crippen LogP contribution in [0.2, 0.25) is 0 Å². The van der Waals surface area contributed by atoms with E-state index in [0.29, 0.717) is 17.5 Å². The second kappa shape index (κ2) is 12.2. The molecule has 0 amide bonds. The third kappa shape index (κ3) is 5.45. The second-order valence-corrected chi connectivity index (χ2v) is 12.2. The van der Waals surface area contributed by atoms with Gasteiger partial charge in [0.2, 0.25) is 0 Å². The monoisotopic (exact) mass is 626 g/mol. The quantitative estimate of drug-likeness (QED) is 0.196. The Morgan fingerprint density at radius 3 is 1.39 bits per heavy atom. The van der Waals surface area contributed by atoms with Gasteiger partial charge in [-0.25, -0.2) is 15.0 Å². The van der Waals surface area contributed by atoms with Crippen LogP contribution in [0.15, 0.2) is 182 Å². The zero-order valence-electron chi connectivity index (χ0n) is 26.6. The molecule has 7 aromatic carbocycles. The van der Waals surface area contributed by atoms with Crippen LogP contribution in [0.5, 0.6) is 0 Å². The number of rotatable bonds is 3. The molecule has 0 saturated carbocycles. The molecule has 49 heavy (non-hydrogen) atoms. The van der Waals surface area contributed by atoms with Crippen LogP contribution in [0, 0.1) is 0 Å². The molecular formula is C45H30N4. The average Bonchev–Trinajstić information content (AvgIpc) is 3.19. The van der Waals surface area contributed by atoms with Gasteiger partial charge in [-0.15, -0.1) is 0 Å². The van der Waals surface area contributed by atoms with E-state index in [0.717, 1.165) is 67.1 Å². The van der Waals surface area contributed by atoms with Crippen LogP contribution < -0.4 is 4.90 Å². The van der Waals surface area contributed by atoms with Crippen molar-refractivity contribution in [3.8, 4) is 67.5 Å². The van der Waals surface area contributed by atoms with Crippen molar-refractivity contribution in [2.24, 2.45) is 0 Å². The van der Waals surface area contributed by atoms with E-state index in [9.17, 15) is 0 Å². The van der Waals surface area contributed by atoms with E-state index in [1.165, 1.54) is 0 Å². The predicted molar refractivity (Wildman–Crippen MR) is 201 cm³/mol. The fourth-order valence-electron chi connectivity index (χ4n) is 6.64. The van der Waals surface area contributed by atoms with Crippen molar-refractivity contribution in [3.63, 3.8) is 0 Å². The van der Waals surface area contributed by atoms with Gasteiger partial charge in [0.05, 0.1) is 0 Å². The van der Waals surface area contributed by atoms with Crippen molar-refractivity contribution in [1.29, 1.82) is 0 Å². The molecule has 0 N–H and O–H groups in total. The summed E-state index contributed by atoms with van der Waals surface area (Å²) >= 11 is 0. The van der Waals surface area contributed by atoms with Crippen LogP contribution in [-0.4, -0.2) is 15.0 Å². The van der Waals surface area contributed by atoms with Gasteiger partial charge in [0, 0.05) is 33.8 Å². The average molecular weight is 627 g/mol. The molecule has 1 aromatic heterocycles. The lowest BCUT2D eigenvalue weighted by molar-refractivity contribution is 1.07. The first-order valence-electron chi connectivity index (χ1n) is 16.4. The fourth-order valence-corrected chi connectivity index (χ4v) is 6.64. The highest BCUT2D eigenvalue weighted by atomic mass is 15.1. The molecule has 0 fully saturated rings. The molecule has 1 aliphatic heterocycles. The normalized spacial score (nSPS) is 11.6. The molecule has 230 valence electrons. The maximum atomic E-state index is 5.12. The number of aromatic nitrogens is 3. The Bertz CT molecular complexity index is 2440. The molecule has 0 radical (unpaired) electrons. The van der Waals surface area contributed by atoms with Crippen LogP contribution in [0.4, 0.5) is 17.1 Å². The lowest BCUT2D eigenvalue weighted by Crippen LogP contribution is -2.10. The van der Waals surface area contributed by atoms with Gasteiger partial charge >= 0.3 is 0 Å². The molecule has 10 bridgehead atoms. The number of nitrogens with zero attached hydrogens (tertiary/aromatic N) is 4. The zero-order valence-corrected chi connectivity index (χ0v) is 26.6. The Morgan fingerprint density at radius 1 is 0.265 bits per heavy atom. The Hall–Kier alpha value is -6.65. The van der Waals surface area contributed by atoms with E-state index in [1.54, 1.807) is 0 Å². The van der Waals surface area contributed by atoms with Crippen molar-refractivity contribution < 1.29 is 0 Å². The summed E-state index contributed by atoms with van der Waals surface area (Å²) in [5.74, 6) is 1.91. The van der Waals surface area contributed by atoms with Gasteiger partial charge < -0.3 is 4.90 Å². The maximum Gasteiger partial charge on any atom is 0.164 e. The molecular weight excluding hydrogens is 597 g/mol. The molecule has 4 heteroatoms. The summed E-state index contributed by atoms with van der Waals surface area (Å²) in [5, 5.41) is 0. The summed E-state index contributed by atoms with van der Waals surface area (Å²) in [6.07, 6.45) is 0. The Morgan fingerprint density at radius 2 is 0.714 bits per heavy atom. The Labute approximate surface area is 285 Å². The molecule has 0 saturated heterocycles. The van der Waals surface area contributed by atoms with Crippen molar-refractivity contribution >= 4 is 17.1 Å². The highest BCUT2D eigenvalue weighted by molar-refractivity contribution is 5.89. The summed E-state index contributed by atoms with van der Waals surface area (Å²) in [6.45, 7) is 0. The van der Waals surface area contributed by atoms with E-state index in [-0.39, 0.29) is 0 Å². The van der Waals surface area contributed by atoms with E-state index >= 15 is 0 Å². The van der Waals surface area contributed by atoms with Gasteiger partial charge in [0.25, 0.3) is 0 Å². The summed E-state index contributed by atoms with van der Waals surface area (Å²) in [6, 6.07) is 63.8. The first-order chi connectivity index (χ1) is 24.3. The van der Waals surface area contributed by atoms with Gasteiger partial charge in [-0.2, -0.15) is 0 Å². The predicted octanol–water partition coefficient (Wildman–Crippen LogP) is 11.7. The van der Waals surface area contributed by atoms with E-state index in [2.05, 4.69) is 157 Å². The lowest BCUT2D eigenvalue weighted by atomic mass is 9.92. The highest BCUT2D eigenvalue weighted by Gasteiger charge is 2.19. The molecule has 0 aliphatic carbocycles. The van der Waals surface area contributed by atoms with Crippen LogP contribution in [0.25, 0.3) is 67.5 Å². The largest absolute Gasteiger partial charge is 0.310 e. The maximum absolute atomic E-state index is 5.12. The third-order valence-corrected chi connectivity index (χ3v) is 9.02. The minimum Gasteiger partial charge on any atom is -0.310 e. The number of fused-ring (bicyclic) bond motifs is 14. The Balaban J connectivity index is 1.36. The molecule has 0 atom stereocenters. The van der Waals surface area contributed by atoms with Crippen LogP contribution in [0.3, 0.4) is 0 Å². The molecule has 0 unspecified atom stereocenters. The summed E-state index contributed by atoms with van der Waals surface area (Å²) < 4.78 is 0. The molecule has 2 heterocycles. The van der Waals surface area contributed by atoms with Gasteiger partial charge in [-0.1, -0.05) is 133 Å². The van der Waals surface area contributed by atoms with Crippen molar-refractivity contribution in [2.45, 2.75) is 0 Å². The van der Waals surface area contributed by atoms with Gasteiger partial charge in [0.15, 0.2) is 17.5 Å². The SMILES string of the molecule is c1ccc(-c2nc3nc(n2)-c2ccc(-c4ccccc4)c(c2)-c2cccc(c2)N(c2ccccc2)c2cccc(c2)-c2cccc-3c2)cc1. The highest BCUT2D eigenvalue weighted by Crippen LogP contribution is 2.41. The number of hydrogen-bond donors (Lipinski definition) is 0. The van der Waals surface area contributed by atoms with E-state index in [4.69, 9.17) is 15.0 Å². The number of anilines is 3. The number of para-hydroxylation sites is 1. The van der Waals surface area contributed by atoms with Gasteiger partial charge in [0.1, 0.15) is 0 Å². The summed E-state index contributed by atoms with van der Waals surface area (Å²) in [4.78, 5) is 17.5. The molecule has 1 aliphatic rings. The number of benzene rings is 7. The van der Waals surface area contributed by atoms with Gasteiger partial charge in [-0.05, 0) is 81.9 Å². The Kier molecular flexibility index (Phi) is 7.10. The smallest absolute Gasteiger partial charge is 0.164 e. The fraction of sp³-hybridized carbons (Fsp3) is 0. The lowest BCUT2D eigenvalue weighted by Gasteiger charge is -2.27. The number of hydrogen-bond acceptors (Lipinski definition) is 4. The summed E-state index contributed by atoms with van der Waals surface area (Å²) in [5.41, 5.74) is 12.7. The first kappa shape index (κ1) is 28.6. The van der Waals surface area contributed by atoms with Crippen LogP contribution >= 0.6 is 0 Å². The van der Waals surface area contributed by atoms with Crippen molar-refractivity contribution in [2.75, 3.05) is 4.90 Å². The molecule has 8 aromatic rings. The zero-order chi connectivity index (χ0) is 32.6. The van der Waals surface area contributed by atoms with Crippen LogP contribution in [-0.2, 0) is 0 Å². The van der Waals surface area contributed by atoms with E-state index in [1.807, 2.05) is 30.3 Å². The first-order valence-corrected chi connectivity index (χ1v) is 16.4. The minimum absolute atomic E-state index is 0.631. The standard InChI is InChI=1S/C45H30N4/c1-4-13-31(14-5-1)41-26-25-37-30-42(41)35-19-12-24-40(29-35)49(38-21-8-3-9-22-38)39-23-11-18-34(28-39)33-17-10-20-36(27-33)44-46-43(47-45(37)48-44)32-15-6-2-7-16-32/h1-30H. The molecule has 4 nitrogen and oxygen atoms in total. The van der Waals surface area contributed by atoms with Gasteiger partial charge in [-0.3, -0.25) is 0 Å². The second-order valence-electron chi connectivity index (χ2n) is 12.2. The molecule has 0 spiro atoms. The molecule has 9 rings (SSSR count). The topological polar surface area (TPSA) is 41.9 Å². The van der Waals surface area contributed by atoms with Crippen LogP contribution in [0.1, 0.15) is 0 Å². The summed E-state index contributed by atoms with van der Waals surface area (Å²) in [7, 11) is 0.